The molecule has 2 aromatic rings. The summed E-state index contributed by atoms with van der Waals surface area (Å²) in [7, 11) is 1.75. The molecule has 1 aromatic carbocycles. The monoisotopic (exact) mass is 378 g/mol. The Hall–Kier alpha value is -2.53. The molecule has 2 N–H and O–H groups in total. The third kappa shape index (κ3) is 4.14. The molecule has 1 aliphatic heterocycles. The first kappa shape index (κ1) is 18.8. The van der Waals surface area contributed by atoms with Gasteiger partial charge in [-0.3, -0.25) is 0 Å². The summed E-state index contributed by atoms with van der Waals surface area (Å²) in [4.78, 5) is 6.96. The molecular weight excluding hydrogens is 348 g/mol. The lowest BCUT2D eigenvalue weighted by Crippen LogP contribution is -2.43. The third-order valence-corrected chi connectivity index (χ3v) is 5.59. The minimum Gasteiger partial charge on any atom is -0.383 e. The van der Waals surface area contributed by atoms with Gasteiger partial charge >= 0.3 is 0 Å². The highest BCUT2D eigenvalue weighted by Crippen LogP contribution is 2.36. The van der Waals surface area contributed by atoms with Gasteiger partial charge < -0.3 is 20.3 Å². The zero-order valence-corrected chi connectivity index (χ0v) is 16.7. The van der Waals surface area contributed by atoms with Crippen LogP contribution in [0.5, 0.6) is 0 Å². The highest BCUT2D eigenvalue weighted by Gasteiger charge is 2.28. The second-order valence-corrected chi connectivity index (χ2v) is 7.57. The van der Waals surface area contributed by atoms with Gasteiger partial charge in [0.2, 0.25) is 0 Å². The molecule has 0 spiro atoms. The fraction of sp³-hybridized carbons (Fsp3) is 0.435. The van der Waals surface area contributed by atoms with Crippen molar-refractivity contribution in [3.8, 4) is 0 Å². The summed E-state index contributed by atoms with van der Waals surface area (Å²) in [5.41, 5.74) is 3.32. The Balaban J connectivity index is 1.75. The van der Waals surface area contributed by atoms with Crippen LogP contribution in [0.2, 0.25) is 0 Å². The normalized spacial score (nSPS) is 17.7. The van der Waals surface area contributed by atoms with Gasteiger partial charge in [-0.15, -0.1) is 0 Å². The van der Waals surface area contributed by atoms with E-state index in [2.05, 4.69) is 56.9 Å². The molecule has 0 saturated heterocycles. The van der Waals surface area contributed by atoms with Crippen molar-refractivity contribution in [2.45, 2.75) is 44.6 Å². The van der Waals surface area contributed by atoms with Crippen LogP contribution in [0.15, 0.2) is 54.5 Å². The maximum absolute atomic E-state index is 5.42. The molecule has 0 radical (unpaired) electrons. The number of benzene rings is 1. The van der Waals surface area contributed by atoms with Crippen molar-refractivity contribution in [3.05, 3.63) is 60.0 Å². The van der Waals surface area contributed by atoms with Gasteiger partial charge in [0.1, 0.15) is 5.82 Å². The van der Waals surface area contributed by atoms with Crippen molar-refractivity contribution in [2.24, 2.45) is 0 Å². The van der Waals surface area contributed by atoms with Gasteiger partial charge in [0.15, 0.2) is 5.82 Å². The minimum atomic E-state index is 0.494. The van der Waals surface area contributed by atoms with E-state index in [1.54, 1.807) is 7.11 Å². The van der Waals surface area contributed by atoms with E-state index < -0.39 is 0 Å². The highest BCUT2D eigenvalue weighted by atomic mass is 16.5. The lowest BCUT2D eigenvalue weighted by molar-refractivity contribution is 0.206. The Bertz CT molecular complexity index is 797. The smallest absolute Gasteiger partial charge is 0.158 e. The van der Waals surface area contributed by atoms with Crippen LogP contribution in [0.1, 0.15) is 44.1 Å². The number of aromatic nitrogens is 1. The fourth-order valence-electron chi connectivity index (χ4n) is 4.13. The Labute approximate surface area is 167 Å². The SMILES string of the molecule is COCCN1C(NC2CCCCCC2)=C(c2ccccc2)Nc2cccnc21. The molecular formula is C23H30N4O. The fourth-order valence-corrected chi connectivity index (χ4v) is 4.13. The van der Waals surface area contributed by atoms with Crippen LogP contribution in [0.25, 0.3) is 5.70 Å². The Morgan fingerprint density at radius 3 is 2.61 bits per heavy atom. The second-order valence-electron chi connectivity index (χ2n) is 7.57. The van der Waals surface area contributed by atoms with Gasteiger partial charge in [-0.2, -0.15) is 0 Å². The molecule has 1 fully saturated rings. The van der Waals surface area contributed by atoms with Gasteiger partial charge in [0.05, 0.1) is 18.0 Å². The predicted molar refractivity (Wildman–Crippen MR) is 115 cm³/mol. The largest absolute Gasteiger partial charge is 0.383 e. The molecule has 2 heterocycles. The molecule has 4 rings (SSSR count). The lowest BCUT2D eigenvalue weighted by atomic mass is 10.1. The minimum absolute atomic E-state index is 0.494. The van der Waals surface area contributed by atoms with Gasteiger partial charge in [0, 0.05) is 31.5 Å². The summed E-state index contributed by atoms with van der Waals surface area (Å²) in [6.07, 6.45) is 9.59. The van der Waals surface area contributed by atoms with Crippen LogP contribution in [-0.2, 0) is 4.74 Å². The summed E-state index contributed by atoms with van der Waals surface area (Å²) in [6, 6.07) is 15.1. The van der Waals surface area contributed by atoms with E-state index in [0.717, 1.165) is 29.6 Å². The molecule has 0 amide bonds. The van der Waals surface area contributed by atoms with Crippen molar-refractivity contribution in [1.29, 1.82) is 0 Å². The Morgan fingerprint density at radius 2 is 1.86 bits per heavy atom. The average Bonchev–Trinajstić information content (AvgIpc) is 3.02. The molecule has 5 heteroatoms. The summed E-state index contributed by atoms with van der Waals surface area (Å²) >= 11 is 0. The number of ether oxygens (including phenoxy) is 1. The number of nitrogens with one attached hydrogen (secondary N) is 2. The van der Waals surface area contributed by atoms with E-state index in [4.69, 9.17) is 4.74 Å². The van der Waals surface area contributed by atoms with E-state index in [-0.39, 0.29) is 0 Å². The van der Waals surface area contributed by atoms with E-state index in [1.807, 2.05) is 12.3 Å². The van der Waals surface area contributed by atoms with E-state index in [1.165, 1.54) is 44.1 Å². The summed E-state index contributed by atoms with van der Waals surface area (Å²) < 4.78 is 5.42. The number of pyridine rings is 1. The second kappa shape index (κ2) is 9.11. The maximum atomic E-state index is 5.42. The maximum Gasteiger partial charge on any atom is 0.158 e. The standard InChI is InChI=1S/C23H30N4O/c1-28-17-16-27-22-20(14-9-15-24-22)26-21(18-10-5-4-6-11-18)23(27)25-19-12-7-2-3-8-13-19/h4-6,9-11,14-15,19,25-26H,2-3,7-8,12-13,16-17H2,1H3. The number of rotatable bonds is 6. The molecule has 0 bridgehead atoms. The summed E-state index contributed by atoms with van der Waals surface area (Å²) in [5.74, 6) is 2.07. The van der Waals surface area contributed by atoms with Crippen molar-refractivity contribution in [2.75, 3.05) is 30.5 Å². The Morgan fingerprint density at radius 1 is 1.07 bits per heavy atom. The van der Waals surface area contributed by atoms with Gasteiger partial charge in [-0.05, 0) is 25.0 Å². The number of fused-ring (bicyclic) bond motifs is 1. The molecule has 1 aliphatic carbocycles. The van der Waals surface area contributed by atoms with Crippen LogP contribution in [-0.4, -0.2) is 31.3 Å². The van der Waals surface area contributed by atoms with Gasteiger partial charge in [-0.1, -0.05) is 56.0 Å². The predicted octanol–water partition coefficient (Wildman–Crippen LogP) is 4.60. The zero-order chi connectivity index (χ0) is 19.2. The van der Waals surface area contributed by atoms with Crippen molar-refractivity contribution in [1.82, 2.24) is 10.3 Å². The number of methoxy groups -OCH3 is 1. The molecule has 5 nitrogen and oxygen atoms in total. The molecule has 0 unspecified atom stereocenters. The molecule has 0 atom stereocenters. The number of anilines is 2. The van der Waals surface area contributed by atoms with Crippen molar-refractivity contribution in [3.63, 3.8) is 0 Å². The van der Waals surface area contributed by atoms with Crippen molar-refractivity contribution < 1.29 is 4.74 Å². The van der Waals surface area contributed by atoms with Crippen LogP contribution in [0.4, 0.5) is 11.5 Å². The van der Waals surface area contributed by atoms with Crippen LogP contribution >= 0.6 is 0 Å². The first-order valence-electron chi connectivity index (χ1n) is 10.4. The van der Waals surface area contributed by atoms with Crippen LogP contribution in [0, 0.1) is 0 Å². The zero-order valence-electron chi connectivity index (χ0n) is 16.7. The quantitative estimate of drug-likeness (QED) is 0.720. The summed E-state index contributed by atoms with van der Waals surface area (Å²) in [5, 5.41) is 7.54. The Kier molecular flexibility index (Phi) is 6.12. The first-order chi connectivity index (χ1) is 13.9. The first-order valence-corrected chi connectivity index (χ1v) is 10.4. The highest BCUT2D eigenvalue weighted by molar-refractivity contribution is 5.89. The number of nitrogens with zero attached hydrogens (tertiary/aromatic N) is 2. The topological polar surface area (TPSA) is 49.4 Å². The van der Waals surface area contributed by atoms with Crippen molar-refractivity contribution >= 4 is 17.2 Å². The molecule has 1 saturated carbocycles. The van der Waals surface area contributed by atoms with Gasteiger partial charge in [-0.25, -0.2) is 4.98 Å². The van der Waals surface area contributed by atoms with E-state index in [0.29, 0.717) is 12.6 Å². The van der Waals surface area contributed by atoms with E-state index >= 15 is 0 Å². The molecule has 2 aliphatic rings. The molecule has 1 aromatic heterocycles. The number of hydrogen-bond acceptors (Lipinski definition) is 5. The third-order valence-electron chi connectivity index (χ3n) is 5.59. The summed E-state index contributed by atoms with van der Waals surface area (Å²) in [6.45, 7) is 1.40. The molecule has 28 heavy (non-hydrogen) atoms. The number of hydrogen-bond donors (Lipinski definition) is 2. The van der Waals surface area contributed by atoms with Gasteiger partial charge in [0.25, 0.3) is 0 Å². The van der Waals surface area contributed by atoms with E-state index in [9.17, 15) is 0 Å². The van der Waals surface area contributed by atoms with Crippen LogP contribution < -0.4 is 15.5 Å². The lowest BCUT2D eigenvalue weighted by Gasteiger charge is -2.37. The average molecular weight is 379 g/mol. The van der Waals surface area contributed by atoms with Crippen LogP contribution in [0.3, 0.4) is 0 Å². The molecule has 148 valence electrons.